The van der Waals surface area contributed by atoms with E-state index < -0.39 is 23.5 Å². The minimum atomic E-state index is -4.56. The van der Waals surface area contributed by atoms with Crippen LogP contribution >= 0.6 is 12.4 Å². The molecule has 0 fully saturated rings. The molecular formula is C19H16ClF6N7. The third-order valence-electron chi connectivity index (χ3n) is 3.94. The number of rotatable bonds is 6. The van der Waals surface area contributed by atoms with Crippen LogP contribution in [0.2, 0.25) is 0 Å². The van der Waals surface area contributed by atoms with Crippen molar-refractivity contribution >= 4 is 42.2 Å². The van der Waals surface area contributed by atoms with E-state index in [1.54, 1.807) is 0 Å². The lowest BCUT2D eigenvalue weighted by molar-refractivity contribution is -0.138. The average molecular weight is 492 g/mol. The van der Waals surface area contributed by atoms with Crippen molar-refractivity contribution in [2.45, 2.75) is 12.4 Å². The smallest absolute Gasteiger partial charge is 0.357 e. The van der Waals surface area contributed by atoms with Gasteiger partial charge in [0, 0.05) is 18.3 Å². The molecule has 0 spiro atoms. The highest BCUT2D eigenvalue weighted by Gasteiger charge is 2.32. The molecule has 0 radical (unpaired) electrons. The van der Waals surface area contributed by atoms with Gasteiger partial charge < -0.3 is 10.6 Å². The number of nitrogens with zero attached hydrogens (tertiary/aromatic N) is 4. The zero-order valence-electron chi connectivity index (χ0n) is 16.7. The first-order valence-electron chi connectivity index (χ1n) is 8.89. The molecule has 0 amide bonds. The minimum Gasteiger partial charge on any atom is -0.357 e. The molecule has 3 N–H and O–H groups in total. The van der Waals surface area contributed by atoms with Crippen LogP contribution in [-0.2, 0) is 12.4 Å². The molecule has 1 heterocycles. The van der Waals surface area contributed by atoms with Crippen molar-refractivity contribution in [3.05, 3.63) is 65.2 Å². The van der Waals surface area contributed by atoms with Gasteiger partial charge >= 0.3 is 12.4 Å². The summed E-state index contributed by atoms with van der Waals surface area (Å²) in [5, 5.41) is 8.99. The van der Waals surface area contributed by atoms with Crippen molar-refractivity contribution in [3.8, 4) is 0 Å². The van der Waals surface area contributed by atoms with Crippen molar-refractivity contribution in [1.82, 2.24) is 15.0 Å². The molecule has 0 aliphatic rings. The number of halogens is 7. The highest BCUT2D eigenvalue weighted by Crippen LogP contribution is 2.32. The molecule has 0 saturated heterocycles. The van der Waals surface area contributed by atoms with Gasteiger partial charge in [-0.05, 0) is 24.3 Å². The number of alkyl halides is 6. The molecule has 1 aromatic heterocycles. The maximum absolute atomic E-state index is 13.1. The minimum absolute atomic E-state index is 0. The van der Waals surface area contributed by atoms with Crippen molar-refractivity contribution in [1.29, 1.82) is 0 Å². The van der Waals surface area contributed by atoms with Gasteiger partial charge in [-0.2, -0.15) is 46.4 Å². The topological polar surface area (TPSA) is 87.1 Å². The molecule has 33 heavy (non-hydrogen) atoms. The quantitative estimate of drug-likeness (QED) is 0.238. The average Bonchev–Trinajstić information content (AvgIpc) is 2.73. The molecule has 0 atom stereocenters. The summed E-state index contributed by atoms with van der Waals surface area (Å²) in [7, 11) is 1.50. The van der Waals surface area contributed by atoms with Crippen LogP contribution in [0.25, 0.3) is 0 Å². The molecule has 0 aliphatic carbocycles. The molecule has 0 unspecified atom stereocenters. The number of hydrogen-bond donors (Lipinski definition) is 3. The van der Waals surface area contributed by atoms with Gasteiger partial charge in [0.25, 0.3) is 0 Å². The second-order valence-corrected chi connectivity index (χ2v) is 6.21. The summed E-state index contributed by atoms with van der Waals surface area (Å²) >= 11 is 0. The summed E-state index contributed by atoms with van der Waals surface area (Å²) in [6.45, 7) is 0. The highest BCUT2D eigenvalue weighted by molar-refractivity contribution is 5.85. The van der Waals surface area contributed by atoms with E-state index >= 15 is 0 Å². The number of hydrogen-bond acceptors (Lipinski definition) is 7. The van der Waals surface area contributed by atoms with Gasteiger partial charge in [0.05, 0.1) is 17.3 Å². The van der Waals surface area contributed by atoms with E-state index in [0.29, 0.717) is 0 Å². The van der Waals surface area contributed by atoms with E-state index in [0.717, 1.165) is 24.4 Å². The second-order valence-electron chi connectivity index (χ2n) is 6.21. The lowest BCUT2D eigenvalue weighted by Gasteiger charge is -2.11. The van der Waals surface area contributed by atoms with Gasteiger partial charge in [0.2, 0.25) is 17.8 Å². The van der Waals surface area contributed by atoms with Crippen LogP contribution in [0.1, 0.15) is 16.7 Å². The summed E-state index contributed by atoms with van der Waals surface area (Å²) < 4.78 is 77.9. The molecule has 7 nitrogen and oxygen atoms in total. The van der Waals surface area contributed by atoms with Crippen LogP contribution in [0.15, 0.2) is 53.6 Å². The van der Waals surface area contributed by atoms with Crippen LogP contribution in [0.3, 0.4) is 0 Å². The Morgan fingerprint density at radius 2 is 1.48 bits per heavy atom. The Hall–Kier alpha value is -3.61. The number of anilines is 4. The number of benzene rings is 2. The largest absolute Gasteiger partial charge is 0.417 e. The molecular weight excluding hydrogens is 476 g/mol. The van der Waals surface area contributed by atoms with Gasteiger partial charge in [-0.25, -0.2) is 5.43 Å². The standard InChI is InChI=1S/C19H15F6N7.ClH/c1-26-15-29-16(28-13-7-4-6-12(9-13)18(20,21)22)31-17(30-15)32-27-10-11-5-2-3-8-14(11)19(23,24)25;/h2-10H,1H3,(H3,26,28,29,30,31,32);1H/b27-10+;. The fourth-order valence-electron chi connectivity index (χ4n) is 2.52. The predicted octanol–water partition coefficient (Wildman–Crippen LogP) is 5.56. The van der Waals surface area contributed by atoms with Crippen molar-refractivity contribution in [2.75, 3.05) is 23.1 Å². The number of hydrazone groups is 1. The fraction of sp³-hybridized carbons (Fsp3) is 0.158. The molecule has 14 heteroatoms. The lowest BCUT2D eigenvalue weighted by atomic mass is 10.1. The molecule has 0 aliphatic heterocycles. The van der Waals surface area contributed by atoms with Gasteiger partial charge in [-0.15, -0.1) is 12.4 Å². The first-order chi connectivity index (χ1) is 15.1. The van der Waals surface area contributed by atoms with E-state index in [9.17, 15) is 26.3 Å². The summed E-state index contributed by atoms with van der Waals surface area (Å²) in [6.07, 6.45) is -8.14. The number of nitrogens with one attached hydrogen (secondary N) is 3. The van der Waals surface area contributed by atoms with E-state index in [-0.39, 0.29) is 41.5 Å². The summed E-state index contributed by atoms with van der Waals surface area (Å²) in [4.78, 5) is 11.9. The van der Waals surface area contributed by atoms with E-state index in [4.69, 9.17) is 0 Å². The van der Waals surface area contributed by atoms with E-state index in [1.165, 1.54) is 37.4 Å². The van der Waals surface area contributed by atoms with E-state index in [2.05, 4.69) is 36.1 Å². The lowest BCUT2D eigenvalue weighted by Crippen LogP contribution is -2.10. The first-order valence-corrected chi connectivity index (χ1v) is 8.89. The third kappa shape index (κ3) is 6.94. The SMILES string of the molecule is CNc1nc(N/N=C/c2ccccc2C(F)(F)F)nc(Nc2cccc(C(F)(F)F)c2)n1.Cl. The van der Waals surface area contributed by atoms with Gasteiger partial charge in [0.1, 0.15) is 0 Å². The van der Waals surface area contributed by atoms with Crippen molar-refractivity contribution in [2.24, 2.45) is 5.10 Å². The van der Waals surface area contributed by atoms with Crippen LogP contribution in [0, 0.1) is 0 Å². The molecule has 0 saturated carbocycles. The predicted molar refractivity (Wildman–Crippen MR) is 114 cm³/mol. The summed E-state index contributed by atoms with van der Waals surface area (Å²) in [5.74, 6) is -0.223. The Labute approximate surface area is 189 Å². The Morgan fingerprint density at radius 3 is 2.15 bits per heavy atom. The monoisotopic (exact) mass is 491 g/mol. The maximum atomic E-state index is 13.1. The van der Waals surface area contributed by atoms with E-state index in [1.807, 2.05) is 0 Å². The third-order valence-corrected chi connectivity index (χ3v) is 3.94. The van der Waals surface area contributed by atoms with Crippen molar-refractivity contribution < 1.29 is 26.3 Å². The maximum Gasteiger partial charge on any atom is 0.417 e. The van der Waals surface area contributed by atoms with Crippen LogP contribution in [0.4, 0.5) is 49.9 Å². The first kappa shape index (κ1) is 25.6. The molecule has 0 bridgehead atoms. The Bertz CT molecular complexity index is 1120. The molecule has 176 valence electrons. The zero-order chi connectivity index (χ0) is 23.4. The Balaban J connectivity index is 0.00000385. The number of aromatic nitrogens is 3. The molecule has 3 aromatic rings. The molecule has 3 rings (SSSR count). The Morgan fingerprint density at radius 1 is 0.818 bits per heavy atom. The second kappa shape index (κ2) is 10.3. The zero-order valence-corrected chi connectivity index (χ0v) is 17.5. The normalized spacial score (nSPS) is 11.7. The van der Waals surface area contributed by atoms with Crippen LogP contribution in [-0.4, -0.2) is 28.2 Å². The van der Waals surface area contributed by atoms with Gasteiger partial charge in [0.15, 0.2) is 0 Å². The van der Waals surface area contributed by atoms with Crippen LogP contribution in [0.5, 0.6) is 0 Å². The van der Waals surface area contributed by atoms with Gasteiger partial charge in [-0.3, -0.25) is 0 Å². The Kier molecular flexibility index (Phi) is 8.03. The highest BCUT2D eigenvalue weighted by atomic mass is 35.5. The summed E-state index contributed by atoms with van der Waals surface area (Å²) in [5.41, 5.74) is 0.541. The fourth-order valence-corrected chi connectivity index (χ4v) is 2.52. The van der Waals surface area contributed by atoms with Crippen LogP contribution < -0.4 is 16.1 Å². The van der Waals surface area contributed by atoms with Gasteiger partial charge in [-0.1, -0.05) is 24.3 Å². The van der Waals surface area contributed by atoms with Crippen molar-refractivity contribution in [3.63, 3.8) is 0 Å². The summed E-state index contributed by atoms with van der Waals surface area (Å²) in [6, 6.07) is 9.23. The molecule has 2 aromatic carbocycles.